The van der Waals surface area contributed by atoms with Gasteiger partial charge < -0.3 is 5.32 Å². The summed E-state index contributed by atoms with van der Waals surface area (Å²) in [6.45, 7) is 0. The Kier molecular flexibility index (Phi) is 3.62. The Balaban J connectivity index is 2.05. The van der Waals surface area contributed by atoms with Gasteiger partial charge >= 0.3 is 0 Å². The maximum Gasteiger partial charge on any atom is 0.160 e. The normalized spacial score (nSPS) is 18.1. The van der Waals surface area contributed by atoms with Crippen LogP contribution in [0.4, 0.5) is 0 Å². The highest BCUT2D eigenvalue weighted by Crippen LogP contribution is 2.31. The lowest BCUT2D eigenvalue weighted by Crippen LogP contribution is -2.22. The first-order chi connectivity index (χ1) is 9.29. The third kappa shape index (κ3) is 2.42. The molecule has 98 valence electrons. The van der Waals surface area contributed by atoms with Gasteiger partial charge in [-0.05, 0) is 32.4 Å². The van der Waals surface area contributed by atoms with Crippen LogP contribution in [-0.4, -0.2) is 17.0 Å². The van der Waals surface area contributed by atoms with Crippen LogP contribution in [0.25, 0.3) is 11.4 Å². The standard InChI is InChI=1S/C15H16BrN3/c1-17-13-7-4-8-14-11(13)9-18-15(19-14)10-5-2-3-6-12(10)16/h2-3,5-6,9,13,17H,4,7-8H2,1H3. The summed E-state index contributed by atoms with van der Waals surface area (Å²) in [5, 5.41) is 3.34. The molecule has 1 aliphatic rings. The van der Waals surface area contributed by atoms with Crippen molar-refractivity contribution in [3.8, 4) is 11.4 Å². The van der Waals surface area contributed by atoms with Crippen molar-refractivity contribution in [2.45, 2.75) is 25.3 Å². The molecule has 0 amide bonds. The van der Waals surface area contributed by atoms with Crippen LogP contribution in [0.5, 0.6) is 0 Å². The third-order valence-corrected chi connectivity index (χ3v) is 4.34. The van der Waals surface area contributed by atoms with Gasteiger partial charge in [0.1, 0.15) is 0 Å². The first-order valence-electron chi connectivity index (χ1n) is 6.57. The molecule has 19 heavy (non-hydrogen) atoms. The molecule has 1 unspecified atom stereocenters. The number of hydrogen-bond donors (Lipinski definition) is 1. The van der Waals surface area contributed by atoms with Gasteiger partial charge in [0.05, 0.1) is 0 Å². The Hall–Kier alpha value is -1.26. The van der Waals surface area contributed by atoms with E-state index in [1.54, 1.807) is 0 Å². The number of nitrogens with zero attached hydrogens (tertiary/aromatic N) is 2. The van der Waals surface area contributed by atoms with E-state index in [-0.39, 0.29) is 0 Å². The molecule has 4 heteroatoms. The van der Waals surface area contributed by atoms with Crippen LogP contribution in [0, 0.1) is 0 Å². The Bertz CT molecular complexity index is 598. The van der Waals surface area contributed by atoms with Gasteiger partial charge in [0, 0.05) is 33.5 Å². The average Bonchev–Trinajstić information content (AvgIpc) is 2.46. The highest BCUT2D eigenvalue weighted by molar-refractivity contribution is 9.10. The van der Waals surface area contributed by atoms with E-state index in [2.05, 4.69) is 26.2 Å². The van der Waals surface area contributed by atoms with Crippen LogP contribution in [0.15, 0.2) is 34.9 Å². The van der Waals surface area contributed by atoms with Crippen molar-refractivity contribution in [2.24, 2.45) is 0 Å². The fourth-order valence-electron chi connectivity index (χ4n) is 2.62. The molecule has 2 aromatic rings. The molecule has 1 heterocycles. The van der Waals surface area contributed by atoms with Gasteiger partial charge in [-0.25, -0.2) is 9.97 Å². The molecular formula is C15H16BrN3. The summed E-state index contributed by atoms with van der Waals surface area (Å²) in [4.78, 5) is 9.30. The van der Waals surface area contributed by atoms with E-state index in [0.717, 1.165) is 22.3 Å². The van der Waals surface area contributed by atoms with Crippen LogP contribution in [0.2, 0.25) is 0 Å². The number of nitrogens with one attached hydrogen (secondary N) is 1. The second-order valence-electron chi connectivity index (χ2n) is 4.81. The summed E-state index contributed by atoms with van der Waals surface area (Å²) in [7, 11) is 2.00. The Morgan fingerprint density at radius 1 is 1.32 bits per heavy atom. The Labute approximate surface area is 121 Å². The zero-order valence-electron chi connectivity index (χ0n) is 10.9. The molecule has 0 radical (unpaired) electrons. The first kappa shape index (κ1) is 12.8. The van der Waals surface area contributed by atoms with Crippen molar-refractivity contribution in [3.05, 3.63) is 46.2 Å². The molecule has 1 aliphatic carbocycles. The molecule has 0 saturated heterocycles. The fourth-order valence-corrected chi connectivity index (χ4v) is 3.08. The molecule has 0 aliphatic heterocycles. The number of rotatable bonds is 2. The second kappa shape index (κ2) is 5.39. The van der Waals surface area contributed by atoms with E-state index in [1.165, 1.54) is 24.1 Å². The highest BCUT2D eigenvalue weighted by atomic mass is 79.9. The van der Waals surface area contributed by atoms with Crippen molar-refractivity contribution < 1.29 is 0 Å². The zero-order valence-corrected chi connectivity index (χ0v) is 12.4. The van der Waals surface area contributed by atoms with Gasteiger partial charge in [-0.3, -0.25) is 0 Å². The smallest absolute Gasteiger partial charge is 0.160 e. The van der Waals surface area contributed by atoms with Crippen LogP contribution in [0.1, 0.15) is 30.1 Å². The maximum atomic E-state index is 4.76. The molecule has 1 N–H and O–H groups in total. The summed E-state index contributed by atoms with van der Waals surface area (Å²) in [5.74, 6) is 0.808. The minimum atomic E-state index is 0.400. The molecule has 1 aromatic carbocycles. The number of benzene rings is 1. The topological polar surface area (TPSA) is 37.8 Å². The second-order valence-corrected chi connectivity index (χ2v) is 5.66. The summed E-state index contributed by atoms with van der Waals surface area (Å²) in [6.07, 6.45) is 5.39. The van der Waals surface area contributed by atoms with Gasteiger partial charge in [-0.15, -0.1) is 0 Å². The lowest BCUT2D eigenvalue weighted by atomic mass is 9.92. The van der Waals surface area contributed by atoms with Gasteiger partial charge in [0.15, 0.2) is 5.82 Å². The molecule has 0 spiro atoms. The van der Waals surface area contributed by atoms with E-state index >= 15 is 0 Å². The average molecular weight is 318 g/mol. The van der Waals surface area contributed by atoms with E-state index < -0.39 is 0 Å². The van der Waals surface area contributed by atoms with Crippen LogP contribution in [0.3, 0.4) is 0 Å². The number of hydrogen-bond acceptors (Lipinski definition) is 3. The molecule has 1 aromatic heterocycles. The number of halogens is 1. The number of aromatic nitrogens is 2. The van der Waals surface area contributed by atoms with Crippen molar-refractivity contribution in [2.75, 3.05) is 7.05 Å². The van der Waals surface area contributed by atoms with Crippen molar-refractivity contribution in [1.82, 2.24) is 15.3 Å². The SMILES string of the molecule is CNC1CCCc2nc(-c3ccccc3Br)ncc21. The third-order valence-electron chi connectivity index (χ3n) is 3.65. The highest BCUT2D eigenvalue weighted by Gasteiger charge is 2.21. The van der Waals surface area contributed by atoms with Crippen LogP contribution < -0.4 is 5.32 Å². The Morgan fingerprint density at radius 2 is 2.16 bits per heavy atom. The summed E-state index contributed by atoms with van der Waals surface area (Å²) < 4.78 is 1.04. The lowest BCUT2D eigenvalue weighted by molar-refractivity contribution is 0.488. The Morgan fingerprint density at radius 3 is 2.95 bits per heavy atom. The predicted octanol–water partition coefficient (Wildman–Crippen LogP) is 3.50. The monoisotopic (exact) mass is 317 g/mol. The van der Waals surface area contributed by atoms with Gasteiger partial charge in [-0.2, -0.15) is 0 Å². The predicted molar refractivity (Wildman–Crippen MR) is 79.9 cm³/mol. The van der Waals surface area contributed by atoms with E-state index in [1.807, 2.05) is 37.5 Å². The zero-order chi connectivity index (χ0) is 13.2. The molecule has 0 fully saturated rings. The number of aryl methyl sites for hydroxylation is 1. The molecule has 3 nitrogen and oxygen atoms in total. The minimum Gasteiger partial charge on any atom is -0.313 e. The first-order valence-corrected chi connectivity index (χ1v) is 7.37. The van der Waals surface area contributed by atoms with Crippen molar-refractivity contribution in [1.29, 1.82) is 0 Å². The van der Waals surface area contributed by atoms with E-state index in [4.69, 9.17) is 4.98 Å². The fraction of sp³-hybridized carbons (Fsp3) is 0.333. The minimum absolute atomic E-state index is 0.400. The van der Waals surface area contributed by atoms with Crippen molar-refractivity contribution >= 4 is 15.9 Å². The van der Waals surface area contributed by atoms with Crippen LogP contribution >= 0.6 is 15.9 Å². The summed E-state index contributed by atoms with van der Waals surface area (Å²) >= 11 is 3.56. The maximum absolute atomic E-state index is 4.76. The molecule has 0 bridgehead atoms. The molecular weight excluding hydrogens is 302 g/mol. The van der Waals surface area contributed by atoms with E-state index in [0.29, 0.717) is 6.04 Å². The van der Waals surface area contributed by atoms with Gasteiger partial charge in [0.2, 0.25) is 0 Å². The van der Waals surface area contributed by atoms with Gasteiger partial charge in [-0.1, -0.05) is 34.1 Å². The van der Waals surface area contributed by atoms with Crippen LogP contribution in [-0.2, 0) is 6.42 Å². The van der Waals surface area contributed by atoms with Gasteiger partial charge in [0.25, 0.3) is 0 Å². The van der Waals surface area contributed by atoms with E-state index in [9.17, 15) is 0 Å². The summed E-state index contributed by atoms with van der Waals surface area (Å²) in [6, 6.07) is 8.48. The number of fused-ring (bicyclic) bond motifs is 1. The largest absolute Gasteiger partial charge is 0.313 e. The molecule has 0 saturated carbocycles. The molecule has 3 rings (SSSR count). The quantitative estimate of drug-likeness (QED) is 0.921. The summed E-state index contributed by atoms with van der Waals surface area (Å²) in [5.41, 5.74) is 3.49. The lowest BCUT2D eigenvalue weighted by Gasteiger charge is -2.24. The molecule has 1 atom stereocenters. The van der Waals surface area contributed by atoms with Crippen molar-refractivity contribution in [3.63, 3.8) is 0 Å².